The van der Waals surface area contributed by atoms with Crippen molar-refractivity contribution in [2.75, 3.05) is 0 Å². The first kappa shape index (κ1) is 16.5. The van der Waals surface area contributed by atoms with Crippen LogP contribution in [0.4, 0.5) is 13.2 Å². The Hall–Kier alpha value is -1.53. The van der Waals surface area contributed by atoms with Crippen molar-refractivity contribution in [2.45, 2.75) is 51.8 Å². The molecule has 1 rings (SSSR count). The number of rotatable bonds is 3. The lowest BCUT2D eigenvalue weighted by Crippen LogP contribution is -2.40. The Morgan fingerprint density at radius 1 is 1.35 bits per heavy atom. The van der Waals surface area contributed by atoms with E-state index in [4.69, 9.17) is 4.74 Å². The van der Waals surface area contributed by atoms with Crippen LogP contribution >= 0.6 is 0 Å². The van der Waals surface area contributed by atoms with Gasteiger partial charge in [-0.2, -0.15) is 13.2 Å². The molecule has 1 atom stereocenters. The minimum atomic E-state index is -4.96. The van der Waals surface area contributed by atoms with E-state index >= 15 is 0 Å². The molecule has 0 spiro atoms. The van der Waals surface area contributed by atoms with Gasteiger partial charge in [-0.25, -0.2) is 0 Å². The molecule has 1 aliphatic rings. The quantitative estimate of drug-likeness (QED) is 0.814. The molecular formula is C13H18F3NO3. The topological polar surface area (TPSA) is 55.4 Å². The Bertz CT molecular complexity index is 402. The zero-order chi connectivity index (χ0) is 15.3. The summed E-state index contributed by atoms with van der Waals surface area (Å²) in [5.41, 5.74) is 0.0267. The summed E-state index contributed by atoms with van der Waals surface area (Å²) in [6.45, 7) is 3.27. The molecule has 0 aromatic heterocycles. The zero-order valence-electron chi connectivity index (χ0n) is 11.4. The molecular weight excluding hydrogens is 275 g/mol. The molecule has 0 saturated carbocycles. The van der Waals surface area contributed by atoms with Crippen LogP contribution in [0.25, 0.3) is 0 Å². The molecule has 114 valence electrons. The number of halogens is 3. The van der Waals surface area contributed by atoms with E-state index in [-0.39, 0.29) is 11.6 Å². The van der Waals surface area contributed by atoms with Crippen LogP contribution in [0.2, 0.25) is 0 Å². The average Bonchev–Trinajstić information content (AvgIpc) is 2.54. The molecule has 0 aliphatic heterocycles. The molecule has 0 fully saturated rings. The Kier molecular flexibility index (Phi) is 5.59. The average molecular weight is 293 g/mol. The van der Waals surface area contributed by atoms with Crippen molar-refractivity contribution in [3.05, 3.63) is 11.8 Å². The number of allylic oxidation sites excluding steroid dienone is 1. The van der Waals surface area contributed by atoms with Crippen LogP contribution < -0.4 is 5.32 Å². The van der Waals surface area contributed by atoms with Crippen LogP contribution in [0, 0.1) is 5.92 Å². The van der Waals surface area contributed by atoms with Crippen LogP contribution in [0.5, 0.6) is 0 Å². The third kappa shape index (κ3) is 4.86. The fraction of sp³-hybridized carbons (Fsp3) is 0.692. The van der Waals surface area contributed by atoms with Crippen molar-refractivity contribution < 1.29 is 27.5 Å². The summed E-state index contributed by atoms with van der Waals surface area (Å²) in [7, 11) is 0. The van der Waals surface area contributed by atoms with Crippen molar-refractivity contribution in [3.63, 3.8) is 0 Å². The Labute approximate surface area is 115 Å². The number of alkyl halides is 3. The van der Waals surface area contributed by atoms with Gasteiger partial charge in [-0.15, -0.1) is 0 Å². The maximum Gasteiger partial charge on any atom is 0.471 e. The molecule has 1 unspecified atom stereocenters. The monoisotopic (exact) mass is 293 g/mol. The predicted molar refractivity (Wildman–Crippen MR) is 65.5 cm³/mol. The van der Waals surface area contributed by atoms with E-state index in [0.29, 0.717) is 12.8 Å². The van der Waals surface area contributed by atoms with E-state index in [1.54, 1.807) is 13.8 Å². The van der Waals surface area contributed by atoms with Crippen LogP contribution in [-0.4, -0.2) is 24.2 Å². The van der Waals surface area contributed by atoms with Crippen LogP contribution in [0.1, 0.15) is 39.5 Å². The summed E-state index contributed by atoms with van der Waals surface area (Å²) in [6, 6.07) is 0. The summed E-state index contributed by atoms with van der Waals surface area (Å²) < 4.78 is 42.0. The van der Waals surface area contributed by atoms with E-state index in [2.05, 4.69) is 0 Å². The van der Waals surface area contributed by atoms with Crippen LogP contribution in [0.3, 0.4) is 0 Å². The number of ether oxygens (including phenoxy) is 1. The lowest BCUT2D eigenvalue weighted by Gasteiger charge is -2.21. The highest BCUT2D eigenvalue weighted by molar-refractivity contribution is 5.83. The van der Waals surface area contributed by atoms with E-state index in [9.17, 15) is 22.8 Å². The molecule has 7 heteroatoms. The van der Waals surface area contributed by atoms with Crippen molar-refractivity contribution in [1.29, 1.82) is 0 Å². The molecule has 20 heavy (non-hydrogen) atoms. The molecule has 0 heterocycles. The van der Waals surface area contributed by atoms with E-state index in [0.717, 1.165) is 12.8 Å². The highest BCUT2D eigenvalue weighted by Gasteiger charge is 2.40. The van der Waals surface area contributed by atoms with E-state index in [1.165, 1.54) is 6.08 Å². The number of amides is 1. The Morgan fingerprint density at radius 3 is 2.55 bits per heavy atom. The number of hydrogen-bond donors (Lipinski definition) is 1. The van der Waals surface area contributed by atoms with Gasteiger partial charge in [-0.3, -0.25) is 9.59 Å². The lowest BCUT2D eigenvalue weighted by atomic mass is 10.1. The number of hydrogen-bond acceptors (Lipinski definition) is 3. The highest BCUT2D eigenvalue weighted by Crippen LogP contribution is 2.22. The van der Waals surface area contributed by atoms with Crippen molar-refractivity contribution in [3.8, 4) is 0 Å². The first-order valence-electron chi connectivity index (χ1n) is 6.50. The summed E-state index contributed by atoms with van der Waals surface area (Å²) in [6.07, 6.45) is -1.84. The first-order valence-corrected chi connectivity index (χ1v) is 6.50. The molecule has 1 aliphatic carbocycles. The largest absolute Gasteiger partial charge is 0.471 e. The zero-order valence-corrected chi connectivity index (χ0v) is 11.4. The van der Waals surface area contributed by atoms with Crippen molar-refractivity contribution >= 4 is 11.9 Å². The summed E-state index contributed by atoms with van der Waals surface area (Å²) in [5, 5.41) is 1.81. The lowest BCUT2D eigenvalue weighted by molar-refractivity contribution is -0.173. The van der Waals surface area contributed by atoms with Gasteiger partial charge < -0.3 is 10.1 Å². The van der Waals surface area contributed by atoms with Gasteiger partial charge in [0.15, 0.2) is 0 Å². The van der Waals surface area contributed by atoms with E-state index < -0.39 is 24.2 Å². The number of carbonyl (C=O) groups is 2. The molecule has 4 nitrogen and oxygen atoms in total. The van der Waals surface area contributed by atoms with Gasteiger partial charge in [-0.05, 0) is 25.7 Å². The second-order valence-corrected chi connectivity index (χ2v) is 4.98. The molecule has 0 aromatic rings. The fourth-order valence-electron chi connectivity index (χ4n) is 1.75. The second-order valence-electron chi connectivity index (χ2n) is 4.98. The Balaban J connectivity index is 2.79. The number of esters is 1. The maximum atomic E-state index is 12.3. The minimum absolute atomic E-state index is 0.0267. The smallest absolute Gasteiger partial charge is 0.456 e. The van der Waals surface area contributed by atoms with Crippen LogP contribution in [-0.2, 0) is 14.3 Å². The maximum absolute atomic E-state index is 12.3. The molecule has 1 amide bonds. The SMILES string of the molecule is CC(C)C(=O)OC1CCCCC=C1NC(=O)C(F)(F)F. The number of nitrogens with one attached hydrogen (secondary N) is 1. The molecule has 1 N–H and O–H groups in total. The number of carbonyl (C=O) groups excluding carboxylic acids is 2. The second kappa shape index (κ2) is 6.76. The van der Waals surface area contributed by atoms with E-state index in [1.807, 2.05) is 5.32 Å². The molecule has 0 bridgehead atoms. The van der Waals surface area contributed by atoms with Crippen molar-refractivity contribution in [1.82, 2.24) is 5.32 Å². The summed E-state index contributed by atoms with van der Waals surface area (Å²) in [5.74, 6) is -2.92. The third-order valence-electron chi connectivity index (χ3n) is 2.88. The standard InChI is InChI=1S/C13H18F3NO3/c1-8(2)11(18)20-10-7-5-3-4-6-9(10)17-12(19)13(14,15)16/h6,8,10H,3-5,7H2,1-2H3,(H,17,19). The third-order valence-corrected chi connectivity index (χ3v) is 2.88. The van der Waals surface area contributed by atoms with Gasteiger partial charge in [0.1, 0.15) is 6.10 Å². The molecule has 0 aromatic carbocycles. The normalized spacial score (nSPS) is 20.1. The predicted octanol–water partition coefficient (Wildman–Crippen LogP) is 2.69. The highest BCUT2D eigenvalue weighted by atomic mass is 19.4. The van der Waals surface area contributed by atoms with Crippen molar-refractivity contribution in [2.24, 2.45) is 5.92 Å². The fourth-order valence-corrected chi connectivity index (χ4v) is 1.75. The minimum Gasteiger partial charge on any atom is -0.456 e. The Morgan fingerprint density at radius 2 is 2.00 bits per heavy atom. The van der Waals surface area contributed by atoms with Crippen LogP contribution in [0.15, 0.2) is 11.8 Å². The van der Waals surface area contributed by atoms with Gasteiger partial charge >= 0.3 is 18.1 Å². The summed E-state index contributed by atoms with van der Waals surface area (Å²) >= 11 is 0. The van der Waals surface area contributed by atoms with Gasteiger partial charge in [0.2, 0.25) is 0 Å². The van der Waals surface area contributed by atoms with Gasteiger partial charge in [-0.1, -0.05) is 19.9 Å². The van der Waals surface area contributed by atoms with Gasteiger partial charge in [0, 0.05) is 0 Å². The summed E-state index contributed by atoms with van der Waals surface area (Å²) in [4.78, 5) is 22.6. The van der Waals surface area contributed by atoms with Gasteiger partial charge in [0.25, 0.3) is 0 Å². The molecule has 0 saturated heterocycles. The van der Waals surface area contributed by atoms with Gasteiger partial charge in [0.05, 0.1) is 11.6 Å². The first-order chi connectivity index (χ1) is 9.21. The molecule has 0 radical (unpaired) electrons.